The first-order valence-electron chi connectivity index (χ1n) is 16.2. The number of alkyl halides is 3. The molecular weight excluding hydrogens is 757 g/mol. The van der Waals surface area contributed by atoms with Crippen molar-refractivity contribution >= 4 is 68.9 Å². The molecule has 7 N–H and O–H groups in total. The van der Waals surface area contributed by atoms with E-state index in [1.54, 1.807) is 18.6 Å². The third-order valence-electron chi connectivity index (χ3n) is 8.01. The lowest BCUT2D eigenvalue weighted by Gasteiger charge is -2.29. The number of hydrogen-bond donors (Lipinski definition) is 6. The quantitative estimate of drug-likeness (QED) is 0.118. The fraction of sp³-hybridized carbons (Fsp3) is 0.613. The van der Waals surface area contributed by atoms with Crippen molar-refractivity contribution in [3.63, 3.8) is 0 Å². The fourth-order valence-electron chi connectivity index (χ4n) is 5.32. The minimum atomic E-state index is -4.99. The van der Waals surface area contributed by atoms with Gasteiger partial charge in [-0.1, -0.05) is 25.4 Å². The Kier molecular flexibility index (Phi) is 16.7. The fourth-order valence-corrected chi connectivity index (χ4v) is 7.27. The molecule has 1 aliphatic heterocycles. The molecule has 0 aromatic heterocycles. The number of nitrogens with zero attached hydrogens (tertiary/aromatic N) is 1. The summed E-state index contributed by atoms with van der Waals surface area (Å²) in [4.78, 5) is 76.8. The minimum Gasteiger partial charge on any atom is -0.480 e. The molecule has 0 unspecified atom stereocenters. The zero-order valence-electron chi connectivity index (χ0n) is 28.9. The smallest absolute Gasteiger partial charge is 0.417 e. The van der Waals surface area contributed by atoms with E-state index in [4.69, 9.17) is 17.3 Å². The molecule has 1 fully saturated rings. The predicted octanol–water partition coefficient (Wildman–Crippen LogP) is 1.62. The first-order chi connectivity index (χ1) is 24.1. The van der Waals surface area contributed by atoms with Crippen LogP contribution in [0.5, 0.6) is 0 Å². The van der Waals surface area contributed by atoms with E-state index in [1.807, 2.05) is 6.26 Å². The van der Waals surface area contributed by atoms with Gasteiger partial charge in [0.1, 0.15) is 30.2 Å². The molecule has 5 amide bonds. The molecule has 0 saturated carbocycles. The molecule has 15 nitrogen and oxygen atoms in total. The number of sulfonamides is 1. The monoisotopic (exact) mass is 800 g/mol. The number of nitrogens with one attached hydrogen (secondary N) is 4. The van der Waals surface area contributed by atoms with Gasteiger partial charge >= 0.3 is 12.1 Å². The van der Waals surface area contributed by atoms with Crippen LogP contribution in [-0.4, -0.2) is 103 Å². The van der Waals surface area contributed by atoms with Crippen molar-refractivity contribution in [3.8, 4) is 0 Å². The topological polar surface area (TPSA) is 234 Å². The van der Waals surface area contributed by atoms with E-state index in [9.17, 15) is 55.5 Å². The highest BCUT2D eigenvalue weighted by Crippen LogP contribution is 2.36. The molecule has 5 atom stereocenters. The molecule has 21 heteroatoms. The SMILES string of the molecule is CSCC[C@H](NC(=O)[C@H](CC(C)C)NC(=O)[C@H](C)NC(=O)CC[C@H](NS(=O)(=O)c1ccc(Cl)c(C(F)(F)F)c1)C(=O)O)C(=O)N1CCC[C@H]1C(N)=O. The number of carbonyl (C=O) groups excluding carboxylic acids is 5. The number of hydrogen-bond acceptors (Lipinski definition) is 9. The molecule has 1 heterocycles. The van der Waals surface area contributed by atoms with Crippen molar-refractivity contribution in [2.24, 2.45) is 11.7 Å². The van der Waals surface area contributed by atoms with Gasteiger partial charge in [-0.3, -0.25) is 28.8 Å². The lowest BCUT2D eigenvalue weighted by molar-refractivity contribution is -0.141. The molecule has 292 valence electrons. The molecule has 0 spiro atoms. The van der Waals surface area contributed by atoms with Crippen LogP contribution in [0.15, 0.2) is 23.1 Å². The van der Waals surface area contributed by atoms with Gasteiger partial charge in [0, 0.05) is 13.0 Å². The maximum Gasteiger partial charge on any atom is 0.417 e. The van der Waals surface area contributed by atoms with E-state index in [-0.39, 0.29) is 24.8 Å². The number of primary amides is 1. The average molecular weight is 801 g/mol. The number of amides is 5. The number of benzene rings is 1. The maximum atomic E-state index is 13.5. The molecule has 2 rings (SSSR count). The zero-order valence-corrected chi connectivity index (χ0v) is 31.3. The molecule has 1 aromatic rings. The Hall–Kier alpha value is -3.62. The molecule has 1 saturated heterocycles. The van der Waals surface area contributed by atoms with E-state index < -0.39 is 110 Å². The van der Waals surface area contributed by atoms with Gasteiger partial charge in [-0.2, -0.15) is 29.7 Å². The van der Waals surface area contributed by atoms with E-state index >= 15 is 0 Å². The van der Waals surface area contributed by atoms with Crippen LogP contribution in [0, 0.1) is 5.92 Å². The highest BCUT2D eigenvalue weighted by Gasteiger charge is 2.38. The van der Waals surface area contributed by atoms with Gasteiger partial charge in [-0.25, -0.2) is 8.42 Å². The van der Waals surface area contributed by atoms with Crippen molar-refractivity contribution in [1.29, 1.82) is 0 Å². The Bertz CT molecular complexity index is 1600. The van der Waals surface area contributed by atoms with Gasteiger partial charge in [-0.05, 0) is 75.2 Å². The first-order valence-corrected chi connectivity index (χ1v) is 19.4. The standard InChI is InChI=1S/C31H44ClF3N6O9S2/c1-16(2)14-23(28(45)38-21(11-13-51-4)29(46)41-12-5-6-24(41)26(36)43)39-27(44)17(3)37-25(42)10-9-22(30(47)48)40-52(49,50)18-7-8-20(32)19(15-18)31(33,34)35/h7-8,15-17,21-24,40H,5-6,9-14H2,1-4H3,(H2,36,43)(H,37,42)(H,38,45)(H,39,44)(H,47,48)/t17-,21-,22-,23-,24-/m0/s1. The number of carbonyl (C=O) groups is 6. The van der Waals surface area contributed by atoms with E-state index in [2.05, 4.69) is 16.0 Å². The number of aliphatic carboxylic acids is 1. The lowest BCUT2D eigenvalue weighted by Crippen LogP contribution is -2.58. The van der Waals surface area contributed by atoms with Crippen LogP contribution in [0.2, 0.25) is 5.02 Å². The van der Waals surface area contributed by atoms with Gasteiger partial charge in [0.2, 0.25) is 39.6 Å². The summed E-state index contributed by atoms with van der Waals surface area (Å²) in [5, 5.41) is 16.4. The second-order valence-corrected chi connectivity index (χ2v) is 15.7. The van der Waals surface area contributed by atoms with Crippen LogP contribution in [0.1, 0.15) is 64.9 Å². The van der Waals surface area contributed by atoms with Gasteiger partial charge in [0.25, 0.3) is 0 Å². The minimum absolute atomic E-state index is 0.108. The highest BCUT2D eigenvalue weighted by molar-refractivity contribution is 7.98. The summed E-state index contributed by atoms with van der Waals surface area (Å²) in [6, 6.07) is -4.44. The molecule has 0 bridgehead atoms. The Labute approximate surface area is 308 Å². The Balaban J connectivity index is 2.08. The molecule has 1 aliphatic rings. The molecular formula is C31H44ClF3N6O9S2. The molecule has 0 aliphatic carbocycles. The predicted molar refractivity (Wildman–Crippen MR) is 185 cm³/mol. The summed E-state index contributed by atoms with van der Waals surface area (Å²) >= 11 is 6.98. The largest absolute Gasteiger partial charge is 0.480 e. The van der Waals surface area contributed by atoms with E-state index in [0.717, 1.165) is 6.07 Å². The number of nitrogens with two attached hydrogens (primary N) is 1. The average Bonchev–Trinajstić information content (AvgIpc) is 3.54. The Morgan fingerprint density at radius 2 is 1.65 bits per heavy atom. The van der Waals surface area contributed by atoms with Crippen molar-refractivity contribution in [2.45, 2.75) is 101 Å². The summed E-state index contributed by atoms with van der Waals surface area (Å²) in [5.74, 6) is -4.80. The number of likely N-dealkylation sites (tertiary alicyclic amines) is 1. The number of carboxylic acids is 1. The van der Waals surface area contributed by atoms with Crippen LogP contribution in [0.3, 0.4) is 0 Å². The second kappa shape index (κ2) is 19.5. The first kappa shape index (κ1) is 44.5. The second-order valence-electron chi connectivity index (χ2n) is 12.6. The Morgan fingerprint density at radius 1 is 1.02 bits per heavy atom. The third kappa shape index (κ3) is 13.1. The van der Waals surface area contributed by atoms with Crippen molar-refractivity contribution in [3.05, 3.63) is 28.8 Å². The number of halogens is 4. The van der Waals surface area contributed by atoms with Crippen LogP contribution in [0.4, 0.5) is 13.2 Å². The molecule has 52 heavy (non-hydrogen) atoms. The van der Waals surface area contributed by atoms with E-state index in [1.165, 1.54) is 23.6 Å². The van der Waals surface area contributed by atoms with Crippen LogP contribution < -0.4 is 26.4 Å². The van der Waals surface area contributed by atoms with E-state index in [0.29, 0.717) is 31.2 Å². The third-order valence-corrected chi connectivity index (χ3v) is 10.5. The van der Waals surface area contributed by atoms with Gasteiger partial charge < -0.3 is 31.7 Å². The lowest BCUT2D eigenvalue weighted by atomic mass is 10.0. The van der Waals surface area contributed by atoms with Gasteiger partial charge in [-0.15, -0.1) is 0 Å². The summed E-state index contributed by atoms with van der Waals surface area (Å²) < 4.78 is 66.9. The van der Waals surface area contributed by atoms with Gasteiger partial charge in [0.15, 0.2) is 0 Å². The highest BCUT2D eigenvalue weighted by atomic mass is 35.5. The van der Waals surface area contributed by atoms with Crippen molar-refractivity contribution in [2.75, 3.05) is 18.6 Å². The van der Waals surface area contributed by atoms with Crippen molar-refractivity contribution in [1.82, 2.24) is 25.6 Å². The molecule has 0 radical (unpaired) electrons. The zero-order chi connectivity index (χ0) is 39.6. The normalized spacial score (nSPS) is 17.2. The van der Waals surface area contributed by atoms with Crippen LogP contribution in [-0.2, 0) is 45.0 Å². The van der Waals surface area contributed by atoms with Crippen LogP contribution >= 0.6 is 23.4 Å². The van der Waals surface area contributed by atoms with Gasteiger partial charge in [0.05, 0.1) is 15.5 Å². The summed E-state index contributed by atoms with van der Waals surface area (Å²) in [6.07, 6.45) is -3.08. The number of rotatable bonds is 19. The number of thioether (sulfide) groups is 1. The number of carboxylic acid groups (broad SMARTS) is 1. The summed E-state index contributed by atoms with van der Waals surface area (Å²) in [7, 11) is -4.82. The maximum absolute atomic E-state index is 13.5. The molecule has 1 aromatic carbocycles. The van der Waals surface area contributed by atoms with Crippen molar-refractivity contribution < 1.29 is 55.5 Å². The summed E-state index contributed by atoms with van der Waals surface area (Å²) in [5.41, 5.74) is 4.02. The summed E-state index contributed by atoms with van der Waals surface area (Å²) in [6.45, 7) is 5.18. The Morgan fingerprint density at radius 3 is 2.21 bits per heavy atom. The van der Waals surface area contributed by atoms with Crippen LogP contribution in [0.25, 0.3) is 0 Å².